The van der Waals surface area contributed by atoms with Crippen LogP contribution in [0.2, 0.25) is 0 Å². The number of rotatable bonds is 6. The largest absolute Gasteiger partial charge is 0.496 e. The molecule has 0 saturated carbocycles. The molecule has 7 heteroatoms. The van der Waals surface area contributed by atoms with Crippen molar-refractivity contribution in [1.29, 1.82) is 0 Å². The first-order chi connectivity index (χ1) is 14.1. The van der Waals surface area contributed by atoms with Gasteiger partial charge in [-0.3, -0.25) is 4.79 Å². The van der Waals surface area contributed by atoms with Gasteiger partial charge in [0.05, 0.1) is 12.8 Å². The highest BCUT2D eigenvalue weighted by molar-refractivity contribution is 7.17. The minimum Gasteiger partial charge on any atom is -0.496 e. The van der Waals surface area contributed by atoms with E-state index < -0.39 is 0 Å². The summed E-state index contributed by atoms with van der Waals surface area (Å²) in [4.78, 5) is 22.6. The van der Waals surface area contributed by atoms with Crippen LogP contribution < -0.4 is 10.1 Å². The molecule has 3 aromatic heterocycles. The second-order valence-corrected chi connectivity index (χ2v) is 7.63. The van der Waals surface area contributed by atoms with Crippen molar-refractivity contribution in [3.05, 3.63) is 64.9 Å². The maximum Gasteiger partial charge on any atom is 0.263 e. The summed E-state index contributed by atoms with van der Waals surface area (Å²) in [5.74, 6) is 0.629. The molecule has 0 fully saturated rings. The van der Waals surface area contributed by atoms with Crippen LogP contribution in [0.15, 0.2) is 48.8 Å². The fraction of sp³-hybridized carbons (Fsp3) is 0.227. The Kier molecular flexibility index (Phi) is 5.31. The first-order valence-electron chi connectivity index (χ1n) is 9.44. The fourth-order valence-electron chi connectivity index (χ4n) is 3.36. The molecule has 0 aliphatic rings. The molecular weight excluding hydrogens is 384 g/mol. The maximum absolute atomic E-state index is 12.8. The van der Waals surface area contributed by atoms with Gasteiger partial charge >= 0.3 is 0 Å². The average molecular weight is 407 g/mol. The van der Waals surface area contributed by atoms with Gasteiger partial charge in [0.2, 0.25) is 0 Å². The van der Waals surface area contributed by atoms with Crippen molar-refractivity contribution in [1.82, 2.24) is 19.9 Å². The van der Waals surface area contributed by atoms with Gasteiger partial charge in [-0.05, 0) is 32.0 Å². The molecule has 148 valence electrons. The van der Waals surface area contributed by atoms with Crippen molar-refractivity contribution in [3.63, 3.8) is 0 Å². The quantitative estimate of drug-likeness (QED) is 0.514. The lowest BCUT2D eigenvalue weighted by Crippen LogP contribution is -2.22. The number of ether oxygens (including phenoxy) is 1. The zero-order valence-electron chi connectivity index (χ0n) is 16.6. The van der Waals surface area contributed by atoms with Crippen LogP contribution in [0.25, 0.3) is 21.6 Å². The summed E-state index contributed by atoms with van der Waals surface area (Å²) in [6.07, 6.45) is 3.86. The van der Waals surface area contributed by atoms with E-state index in [0.29, 0.717) is 11.4 Å². The predicted octanol–water partition coefficient (Wildman–Crippen LogP) is 4.43. The monoisotopic (exact) mass is 406 g/mol. The summed E-state index contributed by atoms with van der Waals surface area (Å²) in [7, 11) is 1.63. The van der Waals surface area contributed by atoms with Crippen LogP contribution in [0.4, 0.5) is 0 Å². The SMILES string of the molecule is CCn1cc(-c2nc(C)c(C(=O)NCc3ccccc3OC)s2)c2cccnc21. The number of methoxy groups -OCH3 is 1. The van der Waals surface area contributed by atoms with Gasteiger partial charge in [-0.15, -0.1) is 11.3 Å². The van der Waals surface area contributed by atoms with E-state index in [1.165, 1.54) is 11.3 Å². The number of benzene rings is 1. The number of nitrogens with zero attached hydrogens (tertiary/aromatic N) is 3. The zero-order valence-corrected chi connectivity index (χ0v) is 17.4. The summed E-state index contributed by atoms with van der Waals surface area (Å²) in [5.41, 5.74) is 3.60. The standard InChI is InChI=1S/C22H22N4O2S/c1-4-26-13-17(16-9-7-11-23-20(16)26)22-25-14(2)19(29-22)21(27)24-12-15-8-5-6-10-18(15)28-3/h5-11,13H,4,12H2,1-3H3,(H,24,27). The van der Waals surface area contributed by atoms with Gasteiger partial charge in [0.25, 0.3) is 5.91 Å². The highest BCUT2D eigenvalue weighted by atomic mass is 32.1. The molecule has 0 spiro atoms. The van der Waals surface area contributed by atoms with Gasteiger partial charge in [0.1, 0.15) is 21.3 Å². The van der Waals surface area contributed by atoms with Gasteiger partial charge in [-0.2, -0.15) is 0 Å². The van der Waals surface area contributed by atoms with Crippen LogP contribution >= 0.6 is 11.3 Å². The number of fused-ring (bicyclic) bond motifs is 1. The molecule has 0 unspecified atom stereocenters. The molecule has 1 amide bonds. The summed E-state index contributed by atoms with van der Waals surface area (Å²) in [5, 5.41) is 4.86. The van der Waals surface area contributed by atoms with Crippen LogP contribution in [-0.2, 0) is 13.1 Å². The van der Waals surface area contributed by atoms with Gasteiger partial charge in [0.15, 0.2) is 0 Å². The van der Waals surface area contributed by atoms with Crippen LogP contribution in [0.1, 0.15) is 27.9 Å². The van der Waals surface area contributed by atoms with E-state index in [-0.39, 0.29) is 5.91 Å². The number of hydrogen-bond donors (Lipinski definition) is 1. The number of carbonyl (C=O) groups excluding carboxylic acids is 1. The number of carbonyl (C=O) groups is 1. The number of pyridine rings is 1. The molecule has 0 aliphatic heterocycles. The predicted molar refractivity (Wildman–Crippen MR) is 115 cm³/mol. The molecule has 0 aliphatic carbocycles. The Morgan fingerprint density at radius 3 is 2.86 bits per heavy atom. The number of thiazole rings is 1. The van der Waals surface area contributed by atoms with Gasteiger partial charge in [0, 0.05) is 42.0 Å². The third-order valence-electron chi connectivity index (χ3n) is 4.84. The smallest absolute Gasteiger partial charge is 0.263 e. The third-order valence-corrected chi connectivity index (χ3v) is 6.03. The van der Waals surface area contributed by atoms with E-state index in [9.17, 15) is 4.79 Å². The molecule has 0 atom stereocenters. The lowest BCUT2D eigenvalue weighted by atomic mass is 10.2. The second kappa shape index (κ2) is 8.05. The normalized spacial score (nSPS) is 11.0. The molecule has 1 aromatic carbocycles. The topological polar surface area (TPSA) is 69.0 Å². The summed E-state index contributed by atoms with van der Waals surface area (Å²) < 4.78 is 7.45. The third kappa shape index (κ3) is 3.61. The maximum atomic E-state index is 12.8. The Hall–Kier alpha value is -3.19. The first kappa shape index (κ1) is 19.1. The second-order valence-electron chi connectivity index (χ2n) is 6.63. The van der Waals surface area contributed by atoms with E-state index in [1.807, 2.05) is 43.3 Å². The molecule has 6 nitrogen and oxygen atoms in total. The molecule has 29 heavy (non-hydrogen) atoms. The molecular formula is C22H22N4O2S. The molecule has 1 N–H and O–H groups in total. The molecule has 0 bridgehead atoms. The summed E-state index contributed by atoms with van der Waals surface area (Å²) >= 11 is 1.41. The molecule has 4 aromatic rings. The van der Waals surface area contributed by atoms with Crippen molar-refractivity contribution in [3.8, 4) is 16.3 Å². The van der Waals surface area contributed by atoms with Crippen molar-refractivity contribution >= 4 is 28.3 Å². The fourth-order valence-corrected chi connectivity index (χ4v) is 4.37. The Labute approximate surface area is 173 Å². The molecule has 0 saturated heterocycles. The summed E-state index contributed by atoms with van der Waals surface area (Å²) in [6, 6.07) is 11.6. The number of hydrogen-bond acceptors (Lipinski definition) is 5. The number of aryl methyl sites for hydroxylation is 2. The number of para-hydroxylation sites is 1. The van der Waals surface area contributed by atoms with E-state index in [2.05, 4.69) is 33.0 Å². The van der Waals surface area contributed by atoms with Gasteiger partial charge in [-0.1, -0.05) is 18.2 Å². The minimum absolute atomic E-state index is 0.130. The van der Waals surface area contributed by atoms with Crippen LogP contribution in [0.5, 0.6) is 5.75 Å². The molecule has 0 radical (unpaired) electrons. The lowest BCUT2D eigenvalue weighted by molar-refractivity contribution is 0.0954. The lowest BCUT2D eigenvalue weighted by Gasteiger charge is -2.09. The highest BCUT2D eigenvalue weighted by Gasteiger charge is 2.19. The van der Waals surface area contributed by atoms with Crippen molar-refractivity contribution < 1.29 is 9.53 Å². The Bertz CT molecular complexity index is 1180. The Morgan fingerprint density at radius 2 is 2.07 bits per heavy atom. The highest BCUT2D eigenvalue weighted by Crippen LogP contribution is 2.34. The Balaban J connectivity index is 1.61. The van der Waals surface area contributed by atoms with E-state index in [0.717, 1.165) is 45.2 Å². The summed E-state index contributed by atoms with van der Waals surface area (Å²) in [6.45, 7) is 5.18. The van der Waals surface area contributed by atoms with Crippen LogP contribution in [-0.4, -0.2) is 27.6 Å². The van der Waals surface area contributed by atoms with Crippen molar-refractivity contribution in [2.75, 3.05) is 7.11 Å². The first-order valence-corrected chi connectivity index (χ1v) is 10.3. The van der Waals surface area contributed by atoms with E-state index >= 15 is 0 Å². The average Bonchev–Trinajstić information content (AvgIpc) is 3.32. The van der Waals surface area contributed by atoms with Crippen LogP contribution in [0, 0.1) is 6.92 Å². The van der Waals surface area contributed by atoms with Crippen LogP contribution in [0.3, 0.4) is 0 Å². The zero-order chi connectivity index (χ0) is 20.4. The number of amides is 1. The van der Waals surface area contributed by atoms with E-state index in [1.54, 1.807) is 13.3 Å². The Morgan fingerprint density at radius 1 is 1.24 bits per heavy atom. The van der Waals surface area contributed by atoms with E-state index in [4.69, 9.17) is 4.74 Å². The molecule has 4 rings (SSSR count). The number of aromatic nitrogens is 3. The van der Waals surface area contributed by atoms with Gasteiger partial charge < -0.3 is 14.6 Å². The minimum atomic E-state index is -0.130. The van der Waals surface area contributed by atoms with Crippen molar-refractivity contribution in [2.45, 2.75) is 26.9 Å². The number of nitrogens with one attached hydrogen (secondary N) is 1. The molecule has 3 heterocycles. The van der Waals surface area contributed by atoms with Crippen molar-refractivity contribution in [2.24, 2.45) is 0 Å². The van der Waals surface area contributed by atoms with Gasteiger partial charge in [-0.25, -0.2) is 9.97 Å².